The number of nitrogens with one attached hydrogen (secondary N) is 1. The highest BCUT2D eigenvalue weighted by atomic mass is 32.2. The van der Waals surface area contributed by atoms with Crippen LogP contribution in [0.1, 0.15) is 26.7 Å². The summed E-state index contributed by atoms with van der Waals surface area (Å²) in [5, 5.41) is 0. The van der Waals surface area contributed by atoms with Crippen LogP contribution < -0.4 is 4.72 Å². The van der Waals surface area contributed by atoms with E-state index in [0.717, 1.165) is 18.6 Å². The lowest BCUT2D eigenvalue weighted by molar-refractivity contribution is 0.503. The van der Waals surface area contributed by atoms with Gasteiger partial charge in [-0.25, -0.2) is 21.9 Å². The minimum atomic E-state index is -3.75. The summed E-state index contributed by atoms with van der Waals surface area (Å²) in [5.41, 5.74) is 0. The van der Waals surface area contributed by atoms with E-state index in [1.165, 1.54) is 0 Å². The van der Waals surface area contributed by atoms with Gasteiger partial charge < -0.3 is 0 Å². The molecule has 1 N–H and O–H groups in total. The van der Waals surface area contributed by atoms with Crippen LogP contribution in [0.5, 0.6) is 0 Å². The molecule has 0 heterocycles. The van der Waals surface area contributed by atoms with Crippen LogP contribution in [-0.4, -0.2) is 15.0 Å². The van der Waals surface area contributed by atoms with Gasteiger partial charge in [0.15, 0.2) is 11.6 Å². The van der Waals surface area contributed by atoms with E-state index in [0.29, 0.717) is 24.9 Å². The van der Waals surface area contributed by atoms with Crippen molar-refractivity contribution in [3.63, 3.8) is 0 Å². The predicted octanol–water partition coefficient (Wildman–Crippen LogP) is 2.68. The van der Waals surface area contributed by atoms with Crippen molar-refractivity contribution < 1.29 is 17.2 Å². The molecule has 1 aromatic rings. The molecule has 0 fully saturated rings. The van der Waals surface area contributed by atoms with Gasteiger partial charge in [-0.15, -0.1) is 0 Å². The van der Waals surface area contributed by atoms with E-state index >= 15 is 0 Å². The minimum absolute atomic E-state index is 0.258. The SMILES string of the molecule is CC(C)CCCNS(=O)(=O)c1ccc(F)c(F)c1. The molecule has 102 valence electrons. The van der Waals surface area contributed by atoms with E-state index in [1.54, 1.807) is 0 Å². The number of hydrogen-bond donors (Lipinski definition) is 1. The molecule has 0 unspecified atom stereocenters. The third-order valence-electron chi connectivity index (χ3n) is 2.45. The monoisotopic (exact) mass is 277 g/mol. The van der Waals surface area contributed by atoms with Crippen LogP contribution in [0.2, 0.25) is 0 Å². The molecule has 3 nitrogen and oxygen atoms in total. The zero-order chi connectivity index (χ0) is 13.8. The predicted molar refractivity (Wildman–Crippen MR) is 65.6 cm³/mol. The maximum absolute atomic E-state index is 12.9. The van der Waals surface area contributed by atoms with E-state index in [9.17, 15) is 17.2 Å². The molecule has 1 rings (SSSR count). The maximum atomic E-state index is 12.9. The first-order valence-corrected chi connectivity index (χ1v) is 7.26. The van der Waals surface area contributed by atoms with Gasteiger partial charge in [-0.2, -0.15) is 0 Å². The van der Waals surface area contributed by atoms with Gasteiger partial charge in [-0.1, -0.05) is 13.8 Å². The second-order valence-electron chi connectivity index (χ2n) is 4.51. The molecule has 0 radical (unpaired) electrons. The Bertz CT molecular complexity index is 501. The van der Waals surface area contributed by atoms with Gasteiger partial charge in [-0.05, 0) is 37.0 Å². The van der Waals surface area contributed by atoms with E-state index in [4.69, 9.17) is 0 Å². The zero-order valence-corrected chi connectivity index (χ0v) is 11.2. The normalized spacial score (nSPS) is 12.1. The molecule has 0 saturated carbocycles. The second kappa shape index (κ2) is 6.24. The third-order valence-corrected chi connectivity index (χ3v) is 3.91. The van der Waals surface area contributed by atoms with Crippen molar-refractivity contribution >= 4 is 10.0 Å². The Morgan fingerprint density at radius 1 is 1.22 bits per heavy atom. The van der Waals surface area contributed by atoms with Crippen molar-refractivity contribution in [2.45, 2.75) is 31.6 Å². The summed E-state index contributed by atoms with van der Waals surface area (Å²) in [5.74, 6) is -1.73. The van der Waals surface area contributed by atoms with Gasteiger partial charge in [0.1, 0.15) is 0 Å². The molecule has 0 spiro atoms. The van der Waals surface area contributed by atoms with Gasteiger partial charge >= 0.3 is 0 Å². The number of halogens is 2. The molecule has 0 aliphatic heterocycles. The summed E-state index contributed by atoms with van der Waals surface area (Å²) in [4.78, 5) is -0.258. The van der Waals surface area contributed by atoms with E-state index in [2.05, 4.69) is 4.72 Å². The molecule has 0 atom stereocenters. The quantitative estimate of drug-likeness (QED) is 0.813. The highest BCUT2D eigenvalue weighted by Crippen LogP contribution is 2.13. The van der Waals surface area contributed by atoms with Gasteiger partial charge in [0, 0.05) is 6.54 Å². The number of hydrogen-bond acceptors (Lipinski definition) is 2. The lowest BCUT2D eigenvalue weighted by Crippen LogP contribution is -2.25. The van der Waals surface area contributed by atoms with Crippen LogP contribution in [0.4, 0.5) is 8.78 Å². The fraction of sp³-hybridized carbons (Fsp3) is 0.500. The van der Waals surface area contributed by atoms with Crippen LogP contribution in [-0.2, 0) is 10.0 Å². The Hall–Kier alpha value is -1.01. The van der Waals surface area contributed by atoms with Crippen molar-refractivity contribution in [3.8, 4) is 0 Å². The van der Waals surface area contributed by atoms with E-state index in [1.807, 2.05) is 13.8 Å². The fourth-order valence-electron chi connectivity index (χ4n) is 1.44. The molecule has 0 aliphatic carbocycles. The number of sulfonamides is 1. The zero-order valence-electron chi connectivity index (χ0n) is 10.4. The molecule has 0 aromatic heterocycles. The van der Waals surface area contributed by atoms with E-state index < -0.39 is 21.7 Å². The molecule has 0 aliphatic rings. The van der Waals surface area contributed by atoms with Crippen molar-refractivity contribution in [1.29, 1.82) is 0 Å². The fourth-order valence-corrected chi connectivity index (χ4v) is 2.53. The number of benzene rings is 1. The minimum Gasteiger partial charge on any atom is -0.211 e. The van der Waals surface area contributed by atoms with E-state index in [-0.39, 0.29) is 4.90 Å². The lowest BCUT2D eigenvalue weighted by Gasteiger charge is -2.08. The summed E-state index contributed by atoms with van der Waals surface area (Å²) < 4.78 is 51.5. The van der Waals surface area contributed by atoms with Crippen LogP contribution in [0.15, 0.2) is 23.1 Å². The molecular weight excluding hydrogens is 260 g/mol. The standard InChI is InChI=1S/C12H17F2NO2S/c1-9(2)4-3-7-15-18(16,17)10-5-6-11(13)12(14)8-10/h5-6,8-9,15H,3-4,7H2,1-2H3. The lowest BCUT2D eigenvalue weighted by atomic mass is 10.1. The smallest absolute Gasteiger partial charge is 0.211 e. The van der Waals surface area contributed by atoms with Gasteiger partial charge in [0.05, 0.1) is 4.90 Å². The topological polar surface area (TPSA) is 46.2 Å². The highest BCUT2D eigenvalue weighted by Gasteiger charge is 2.15. The summed E-state index contributed by atoms with van der Waals surface area (Å²) in [6, 6.07) is 2.53. The first-order valence-electron chi connectivity index (χ1n) is 5.77. The van der Waals surface area contributed by atoms with Crippen molar-refractivity contribution in [2.24, 2.45) is 5.92 Å². The maximum Gasteiger partial charge on any atom is 0.240 e. The molecular formula is C12H17F2NO2S. The second-order valence-corrected chi connectivity index (χ2v) is 6.28. The molecule has 6 heteroatoms. The van der Waals surface area contributed by atoms with Crippen LogP contribution in [0.25, 0.3) is 0 Å². The summed E-state index contributed by atoms with van der Waals surface area (Å²) >= 11 is 0. The summed E-state index contributed by atoms with van der Waals surface area (Å²) in [7, 11) is -3.75. The highest BCUT2D eigenvalue weighted by molar-refractivity contribution is 7.89. The van der Waals surface area contributed by atoms with Crippen molar-refractivity contribution in [3.05, 3.63) is 29.8 Å². The average Bonchev–Trinajstić information content (AvgIpc) is 2.28. The molecule has 0 bridgehead atoms. The van der Waals surface area contributed by atoms with Crippen molar-refractivity contribution in [1.82, 2.24) is 4.72 Å². The largest absolute Gasteiger partial charge is 0.240 e. The molecule has 18 heavy (non-hydrogen) atoms. The summed E-state index contributed by atoms with van der Waals surface area (Å²) in [6.45, 7) is 4.38. The first kappa shape index (κ1) is 15.0. The Morgan fingerprint density at radius 3 is 2.44 bits per heavy atom. The van der Waals surface area contributed by atoms with Crippen LogP contribution in [0, 0.1) is 17.6 Å². The molecule has 0 saturated heterocycles. The molecule has 0 amide bonds. The Kier molecular flexibility index (Phi) is 5.22. The Labute approximate surface area is 106 Å². The van der Waals surface area contributed by atoms with Crippen LogP contribution in [0.3, 0.4) is 0 Å². The number of rotatable bonds is 6. The third kappa shape index (κ3) is 4.34. The van der Waals surface area contributed by atoms with Gasteiger partial charge in [-0.3, -0.25) is 0 Å². The summed E-state index contributed by atoms with van der Waals surface area (Å²) in [6.07, 6.45) is 1.61. The first-order chi connectivity index (χ1) is 8.33. The Balaban J connectivity index is 2.66. The Morgan fingerprint density at radius 2 is 1.89 bits per heavy atom. The van der Waals surface area contributed by atoms with Gasteiger partial charge in [0.25, 0.3) is 0 Å². The van der Waals surface area contributed by atoms with Crippen LogP contribution >= 0.6 is 0 Å². The van der Waals surface area contributed by atoms with Gasteiger partial charge in [0.2, 0.25) is 10.0 Å². The molecule has 1 aromatic carbocycles. The van der Waals surface area contributed by atoms with Crippen molar-refractivity contribution in [2.75, 3.05) is 6.54 Å². The average molecular weight is 277 g/mol.